The van der Waals surface area contributed by atoms with E-state index in [2.05, 4.69) is 31.8 Å². The van der Waals surface area contributed by atoms with E-state index in [4.69, 9.17) is 16.3 Å². The first kappa shape index (κ1) is 13.9. The molecule has 0 unspecified atom stereocenters. The molecule has 0 amide bonds. The molecule has 3 heteroatoms. The highest BCUT2D eigenvalue weighted by Crippen LogP contribution is 2.34. The van der Waals surface area contributed by atoms with Gasteiger partial charge in [0.25, 0.3) is 0 Å². The summed E-state index contributed by atoms with van der Waals surface area (Å²) in [6, 6.07) is 9.94. The summed E-state index contributed by atoms with van der Waals surface area (Å²) in [6.45, 7) is 6.50. The summed E-state index contributed by atoms with van der Waals surface area (Å²) in [7, 11) is 0. The lowest BCUT2D eigenvalue weighted by Gasteiger charge is -2.22. The maximum absolute atomic E-state index is 6.01. The van der Waals surface area contributed by atoms with Crippen molar-refractivity contribution in [3.8, 4) is 11.5 Å². The van der Waals surface area contributed by atoms with Crippen molar-refractivity contribution in [3.63, 3.8) is 0 Å². The van der Waals surface area contributed by atoms with Gasteiger partial charge in [-0.05, 0) is 17.5 Å². The number of aromatic nitrogens is 1. The first-order valence-electron chi connectivity index (χ1n) is 6.28. The van der Waals surface area contributed by atoms with Gasteiger partial charge < -0.3 is 4.74 Å². The Kier molecular flexibility index (Phi) is 4.11. The predicted molar refractivity (Wildman–Crippen MR) is 79.0 cm³/mol. The van der Waals surface area contributed by atoms with Crippen LogP contribution in [0.15, 0.2) is 42.7 Å². The molecule has 1 aromatic carbocycles. The van der Waals surface area contributed by atoms with Crippen LogP contribution in [0.1, 0.15) is 31.9 Å². The van der Waals surface area contributed by atoms with Gasteiger partial charge in [-0.15, -0.1) is 11.6 Å². The molecule has 0 aliphatic carbocycles. The second-order valence-corrected chi connectivity index (χ2v) is 5.73. The Morgan fingerprint density at radius 2 is 1.84 bits per heavy atom. The lowest BCUT2D eigenvalue weighted by Crippen LogP contribution is -2.12. The number of hydrogen-bond donors (Lipinski definition) is 0. The average molecular weight is 276 g/mol. The van der Waals surface area contributed by atoms with E-state index < -0.39 is 0 Å². The number of alkyl halides is 1. The fourth-order valence-corrected chi connectivity index (χ4v) is 2.13. The van der Waals surface area contributed by atoms with Gasteiger partial charge in [0.2, 0.25) is 0 Å². The van der Waals surface area contributed by atoms with Crippen molar-refractivity contribution in [3.05, 3.63) is 53.9 Å². The van der Waals surface area contributed by atoms with Gasteiger partial charge in [-0.1, -0.05) is 39.0 Å². The van der Waals surface area contributed by atoms with E-state index in [1.54, 1.807) is 12.4 Å². The van der Waals surface area contributed by atoms with Crippen LogP contribution in [0.3, 0.4) is 0 Å². The van der Waals surface area contributed by atoms with Gasteiger partial charge in [-0.3, -0.25) is 4.98 Å². The van der Waals surface area contributed by atoms with E-state index in [9.17, 15) is 0 Å². The minimum atomic E-state index is 0.0277. The lowest BCUT2D eigenvalue weighted by molar-refractivity contribution is 0.450. The molecule has 0 bridgehead atoms. The number of hydrogen-bond acceptors (Lipinski definition) is 2. The van der Waals surface area contributed by atoms with Gasteiger partial charge in [0.05, 0.1) is 12.1 Å². The zero-order valence-corrected chi connectivity index (χ0v) is 12.2. The van der Waals surface area contributed by atoms with Gasteiger partial charge in [0.15, 0.2) is 0 Å². The molecule has 0 aliphatic rings. The third-order valence-electron chi connectivity index (χ3n) is 2.93. The van der Waals surface area contributed by atoms with Crippen LogP contribution < -0.4 is 4.74 Å². The largest absolute Gasteiger partial charge is 0.455 e. The number of benzene rings is 1. The van der Waals surface area contributed by atoms with Crippen molar-refractivity contribution < 1.29 is 4.74 Å². The molecule has 0 radical (unpaired) electrons. The minimum Gasteiger partial charge on any atom is -0.455 e. The first-order valence-corrected chi connectivity index (χ1v) is 6.82. The molecule has 100 valence electrons. The Hall–Kier alpha value is -1.54. The lowest BCUT2D eigenvalue weighted by atomic mass is 9.86. The molecule has 0 saturated carbocycles. The highest BCUT2D eigenvalue weighted by molar-refractivity contribution is 6.17. The molecule has 1 aromatic heterocycles. The molecule has 19 heavy (non-hydrogen) atoms. The summed E-state index contributed by atoms with van der Waals surface area (Å²) < 4.78 is 6.01. The molecule has 0 N–H and O–H groups in total. The summed E-state index contributed by atoms with van der Waals surface area (Å²) in [5, 5.41) is 0. The van der Waals surface area contributed by atoms with Gasteiger partial charge in [0.1, 0.15) is 11.5 Å². The zero-order chi connectivity index (χ0) is 13.9. The van der Waals surface area contributed by atoms with E-state index in [0.29, 0.717) is 11.6 Å². The predicted octanol–water partition coefficient (Wildman–Crippen LogP) is 4.91. The smallest absolute Gasteiger partial charge is 0.150 e. The SMILES string of the molecule is CC(C)(C)c1ccccc1Oc1cnccc1CCl. The molecular formula is C16H18ClNO. The van der Waals surface area contributed by atoms with Crippen molar-refractivity contribution in [1.29, 1.82) is 0 Å². The van der Waals surface area contributed by atoms with Gasteiger partial charge in [0, 0.05) is 17.3 Å². The van der Waals surface area contributed by atoms with Gasteiger partial charge >= 0.3 is 0 Å². The molecular weight excluding hydrogens is 258 g/mol. The number of ether oxygens (including phenoxy) is 1. The van der Waals surface area contributed by atoms with Crippen LogP contribution in [-0.4, -0.2) is 4.98 Å². The second kappa shape index (κ2) is 5.62. The summed E-state index contributed by atoms with van der Waals surface area (Å²) in [5.74, 6) is 1.98. The Bertz CT molecular complexity index is 561. The molecule has 2 aromatic rings. The number of nitrogens with zero attached hydrogens (tertiary/aromatic N) is 1. The van der Waals surface area contributed by atoms with E-state index in [0.717, 1.165) is 11.3 Å². The molecule has 0 spiro atoms. The standard InChI is InChI=1S/C16H18ClNO/c1-16(2,3)13-6-4-5-7-14(13)19-15-11-18-9-8-12(15)10-17/h4-9,11H,10H2,1-3H3. The molecule has 0 aliphatic heterocycles. The van der Waals surface area contributed by atoms with Crippen LogP contribution in [0, 0.1) is 0 Å². The van der Waals surface area contributed by atoms with Crippen LogP contribution in [0.25, 0.3) is 0 Å². The number of para-hydroxylation sites is 1. The van der Waals surface area contributed by atoms with Crippen molar-refractivity contribution in [2.24, 2.45) is 0 Å². The molecule has 2 nitrogen and oxygen atoms in total. The van der Waals surface area contributed by atoms with E-state index in [-0.39, 0.29) is 5.41 Å². The van der Waals surface area contributed by atoms with Crippen molar-refractivity contribution in [1.82, 2.24) is 4.98 Å². The highest BCUT2D eigenvalue weighted by Gasteiger charge is 2.19. The fraction of sp³-hybridized carbons (Fsp3) is 0.312. The van der Waals surface area contributed by atoms with Crippen molar-refractivity contribution in [2.45, 2.75) is 32.1 Å². The quantitative estimate of drug-likeness (QED) is 0.743. The monoisotopic (exact) mass is 275 g/mol. The Balaban J connectivity index is 2.39. The fourth-order valence-electron chi connectivity index (χ4n) is 1.90. The zero-order valence-electron chi connectivity index (χ0n) is 11.5. The van der Waals surface area contributed by atoms with Crippen molar-refractivity contribution in [2.75, 3.05) is 0 Å². The van der Waals surface area contributed by atoms with E-state index in [1.165, 1.54) is 5.56 Å². The average Bonchev–Trinajstić information content (AvgIpc) is 2.39. The molecule has 2 rings (SSSR count). The first-order chi connectivity index (χ1) is 9.02. The molecule has 0 saturated heterocycles. The second-order valence-electron chi connectivity index (χ2n) is 5.47. The van der Waals surface area contributed by atoms with Gasteiger partial charge in [-0.2, -0.15) is 0 Å². The summed E-state index contributed by atoms with van der Waals surface area (Å²) in [5.41, 5.74) is 2.14. The van der Waals surface area contributed by atoms with E-state index >= 15 is 0 Å². The Morgan fingerprint density at radius 1 is 1.11 bits per heavy atom. The summed E-state index contributed by atoms with van der Waals surface area (Å²) >= 11 is 5.92. The maximum atomic E-state index is 6.01. The highest BCUT2D eigenvalue weighted by atomic mass is 35.5. The maximum Gasteiger partial charge on any atom is 0.150 e. The topological polar surface area (TPSA) is 22.1 Å². The number of pyridine rings is 1. The van der Waals surface area contributed by atoms with Crippen LogP contribution in [0.5, 0.6) is 11.5 Å². The minimum absolute atomic E-state index is 0.0277. The van der Waals surface area contributed by atoms with Crippen LogP contribution in [0.2, 0.25) is 0 Å². The van der Waals surface area contributed by atoms with Gasteiger partial charge in [-0.25, -0.2) is 0 Å². The van der Waals surface area contributed by atoms with Crippen LogP contribution in [0.4, 0.5) is 0 Å². The molecule has 1 heterocycles. The van der Waals surface area contributed by atoms with Crippen molar-refractivity contribution >= 4 is 11.6 Å². The van der Waals surface area contributed by atoms with E-state index in [1.807, 2.05) is 24.3 Å². The molecule has 0 fully saturated rings. The number of rotatable bonds is 3. The Morgan fingerprint density at radius 3 is 2.53 bits per heavy atom. The van der Waals surface area contributed by atoms with Crippen LogP contribution >= 0.6 is 11.6 Å². The summed E-state index contributed by atoms with van der Waals surface area (Å²) in [4.78, 5) is 4.10. The number of halogens is 1. The third-order valence-corrected chi connectivity index (χ3v) is 3.22. The summed E-state index contributed by atoms with van der Waals surface area (Å²) in [6.07, 6.45) is 3.43. The Labute approximate surface area is 119 Å². The normalized spacial score (nSPS) is 11.4. The molecule has 0 atom stereocenters. The van der Waals surface area contributed by atoms with Crippen LogP contribution in [-0.2, 0) is 11.3 Å². The third kappa shape index (κ3) is 3.27.